The number of nitrogens with one attached hydrogen (secondary N) is 1. The molecule has 2 aromatic heterocycles. The van der Waals surface area contributed by atoms with Crippen LogP contribution in [0, 0.1) is 0 Å². The molecule has 1 N–H and O–H groups in total. The first-order valence-corrected chi connectivity index (χ1v) is 8.01. The van der Waals surface area contributed by atoms with Gasteiger partial charge in [-0.05, 0) is 36.4 Å². The highest BCUT2D eigenvalue weighted by molar-refractivity contribution is 6.03. The van der Waals surface area contributed by atoms with Crippen LogP contribution in [0.1, 0.15) is 10.4 Å². The van der Waals surface area contributed by atoms with Gasteiger partial charge in [0.15, 0.2) is 0 Å². The second kappa shape index (κ2) is 6.98. The van der Waals surface area contributed by atoms with Crippen molar-refractivity contribution in [3.05, 3.63) is 84.6 Å². The van der Waals surface area contributed by atoms with Gasteiger partial charge in [0.1, 0.15) is 5.82 Å². The van der Waals surface area contributed by atoms with Crippen LogP contribution in [-0.4, -0.2) is 21.1 Å². The third-order valence-electron chi connectivity index (χ3n) is 3.73. The Hall–Kier alpha value is -3.80. The van der Waals surface area contributed by atoms with Crippen molar-refractivity contribution in [2.24, 2.45) is 0 Å². The number of carbonyl (C=O) groups excluding carboxylic acids is 1. The van der Waals surface area contributed by atoms with Gasteiger partial charge in [-0.3, -0.25) is 4.79 Å². The van der Waals surface area contributed by atoms with Crippen molar-refractivity contribution in [2.45, 2.75) is 0 Å². The lowest BCUT2D eigenvalue weighted by atomic mass is 10.2. The fourth-order valence-electron chi connectivity index (χ4n) is 2.45. The van der Waals surface area contributed by atoms with E-state index in [-0.39, 0.29) is 5.91 Å². The largest absolute Gasteiger partial charge is 0.416 e. The van der Waals surface area contributed by atoms with Gasteiger partial charge in [-0.1, -0.05) is 36.4 Å². The van der Waals surface area contributed by atoms with Crippen LogP contribution in [-0.2, 0) is 0 Å². The van der Waals surface area contributed by atoms with Crippen LogP contribution < -0.4 is 5.32 Å². The lowest BCUT2D eigenvalue weighted by Gasteiger charge is -2.05. The molecular weight excluding hydrogens is 328 g/mol. The van der Waals surface area contributed by atoms with E-state index in [1.807, 2.05) is 48.5 Å². The maximum absolute atomic E-state index is 12.2. The van der Waals surface area contributed by atoms with Crippen molar-refractivity contribution in [3.63, 3.8) is 0 Å². The van der Waals surface area contributed by atoms with E-state index in [1.165, 1.54) is 0 Å². The van der Waals surface area contributed by atoms with Gasteiger partial charge in [0.2, 0.25) is 11.8 Å². The molecule has 126 valence electrons. The molecule has 0 bridgehead atoms. The molecule has 0 saturated heterocycles. The number of carbonyl (C=O) groups is 1. The van der Waals surface area contributed by atoms with Crippen LogP contribution in [0.3, 0.4) is 0 Å². The molecule has 6 nitrogen and oxygen atoms in total. The molecule has 0 unspecified atom stereocenters. The molecule has 4 aromatic rings. The third-order valence-corrected chi connectivity index (χ3v) is 3.73. The van der Waals surface area contributed by atoms with Gasteiger partial charge in [0.05, 0.1) is 0 Å². The summed E-state index contributed by atoms with van der Waals surface area (Å²) in [5, 5.41) is 10.9. The average molecular weight is 342 g/mol. The molecule has 0 aliphatic rings. The van der Waals surface area contributed by atoms with Gasteiger partial charge >= 0.3 is 0 Å². The topological polar surface area (TPSA) is 80.9 Å². The molecule has 2 heterocycles. The predicted molar refractivity (Wildman–Crippen MR) is 97.4 cm³/mol. The molecule has 1 amide bonds. The number of nitrogens with zero attached hydrogens (tertiary/aromatic N) is 3. The molecule has 0 spiro atoms. The summed E-state index contributed by atoms with van der Waals surface area (Å²) in [6, 6.07) is 21.9. The van der Waals surface area contributed by atoms with Crippen LogP contribution >= 0.6 is 0 Å². The lowest BCUT2D eigenvalue weighted by molar-refractivity contribution is 0.102. The molecule has 0 atom stereocenters. The van der Waals surface area contributed by atoms with E-state index in [0.717, 1.165) is 5.56 Å². The second-order valence-electron chi connectivity index (χ2n) is 5.53. The maximum Gasteiger partial charge on any atom is 0.256 e. The minimum Gasteiger partial charge on any atom is -0.416 e. The van der Waals surface area contributed by atoms with Gasteiger partial charge in [-0.25, -0.2) is 4.98 Å². The zero-order chi connectivity index (χ0) is 17.8. The Bertz CT molecular complexity index is 1030. The summed E-state index contributed by atoms with van der Waals surface area (Å²) in [7, 11) is 0. The van der Waals surface area contributed by atoms with Crippen molar-refractivity contribution in [1.82, 2.24) is 15.2 Å². The van der Waals surface area contributed by atoms with Crippen molar-refractivity contribution in [2.75, 3.05) is 5.32 Å². The van der Waals surface area contributed by atoms with Gasteiger partial charge in [-0.15, -0.1) is 10.2 Å². The third kappa shape index (κ3) is 3.34. The molecule has 6 heteroatoms. The van der Waals surface area contributed by atoms with E-state index in [9.17, 15) is 4.79 Å². The molecule has 0 aliphatic carbocycles. The van der Waals surface area contributed by atoms with Crippen molar-refractivity contribution in [3.8, 4) is 22.9 Å². The predicted octanol–water partition coefficient (Wildman–Crippen LogP) is 4.05. The molecule has 0 radical (unpaired) electrons. The quantitative estimate of drug-likeness (QED) is 0.605. The van der Waals surface area contributed by atoms with Crippen LogP contribution in [0.2, 0.25) is 0 Å². The Morgan fingerprint density at radius 1 is 0.808 bits per heavy atom. The van der Waals surface area contributed by atoms with Crippen LogP contribution in [0.4, 0.5) is 5.82 Å². The van der Waals surface area contributed by atoms with Gasteiger partial charge < -0.3 is 9.73 Å². The number of aromatic nitrogens is 3. The zero-order valence-corrected chi connectivity index (χ0v) is 13.7. The van der Waals surface area contributed by atoms with Crippen molar-refractivity contribution < 1.29 is 9.21 Å². The van der Waals surface area contributed by atoms with E-state index < -0.39 is 0 Å². The molecule has 0 saturated carbocycles. The Kier molecular flexibility index (Phi) is 4.22. The van der Waals surface area contributed by atoms with E-state index in [1.54, 1.807) is 30.5 Å². The summed E-state index contributed by atoms with van der Waals surface area (Å²) in [5.41, 5.74) is 2.08. The standard InChI is InChI=1S/C20H14N4O2/c25-18(14-7-3-1-4-8-14)22-17-13-16(11-12-21-17)20-24-23-19(26-20)15-9-5-2-6-10-15/h1-13H,(H,21,22,25). The Morgan fingerprint density at radius 3 is 2.19 bits per heavy atom. The summed E-state index contributed by atoms with van der Waals surface area (Å²) in [6.45, 7) is 0. The number of rotatable bonds is 4. The highest BCUT2D eigenvalue weighted by atomic mass is 16.4. The highest BCUT2D eigenvalue weighted by Gasteiger charge is 2.12. The summed E-state index contributed by atoms with van der Waals surface area (Å²) in [6.07, 6.45) is 1.59. The monoisotopic (exact) mass is 342 g/mol. The minimum atomic E-state index is -0.231. The van der Waals surface area contributed by atoms with Gasteiger partial charge in [0.25, 0.3) is 5.91 Å². The Balaban J connectivity index is 1.57. The minimum absolute atomic E-state index is 0.231. The first kappa shape index (κ1) is 15.7. The number of benzene rings is 2. The maximum atomic E-state index is 12.2. The molecular formula is C20H14N4O2. The summed E-state index contributed by atoms with van der Waals surface area (Å²) < 4.78 is 5.74. The number of hydrogen-bond donors (Lipinski definition) is 1. The summed E-state index contributed by atoms with van der Waals surface area (Å²) in [4.78, 5) is 16.4. The average Bonchev–Trinajstić information content (AvgIpc) is 3.20. The van der Waals surface area contributed by atoms with Gasteiger partial charge in [0, 0.05) is 22.9 Å². The van der Waals surface area contributed by atoms with Crippen molar-refractivity contribution >= 4 is 11.7 Å². The molecule has 26 heavy (non-hydrogen) atoms. The van der Waals surface area contributed by atoms with Crippen LogP contribution in [0.5, 0.6) is 0 Å². The molecule has 4 rings (SSSR count). The summed E-state index contributed by atoms with van der Waals surface area (Å²) in [5.74, 6) is 0.982. The van der Waals surface area contributed by atoms with E-state index in [0.29, 0.717) is 28.7 Å². The van der Waals surface area contributed by atoms with E-state index in [4.69, 9.17) is 4.42 Å². The first-order valence-electron chi connectivity index (χ1n) is 8.01. The Morgan fingerprint density at radius 2 is 1.46 bits per heavy atom. The first-order chi connectivity index (χ1) is 12.8. The fourth-order valence-corrected chi connectivity index (χ4v) is 2.45. The SMILES string of the molecule is O=C(Nc1cc(-c2nnc(-c3ccccc3)o2)ccn1)c1ccccc1. The van der Waals surface area contributed by atoms with E-state index in [2.05, 4.69) is 20.5 Å². The highest BCUT2D eigenvalue weighted by Crippen LogP contribution is 2.24. The fraction of sp³-hybridized carbons (Fsp3) is 0. The van der Waals surface area contributed by atoms with Gasteiger partial charge in [-0.2, -0.15) is 0 Å². The zero-order valence-electron chi connectivity index (χ0n) is 13.7. The smallest absolute Gasteiger partial charge is 0.256 e. The lowest BCUT2D eigenvalue weighted by Crippen LogP contribution is -2.12. The number of pyridine rings is 1. The normalized spacial score (nSPS) is 10.5. The Labute approximate surface area is 149 Å². The second-order valence-corrected chi connectivity index (χ2v) is 5.53. The number of anilines is 1. The van der Waals surface area contributed by atoms with Crippen LogP contribution in [0.25, 0.3) is 22.9 Å². The van der Waals surface area contributed by atoms with E-state index >= 15 is 0 Å². The molecule has 0 aliphatic heterocycles. The number of amides is 1. The van der Waals surface area contributed by atoms with Crippen molar-refractivity contribution in [1.29, 1.82) is 0 Å². The molecule has 2 aromatic carbocycles. The summed E-state index contributed by atoms with van der Waals surface area (Å²) >= 11 is 0. The van der Waals surface area contributed by atoms with Crippen LogP contribution in [0.15, 0.2) is 83.4 Å². The number of hydrogen-bond acceptors (Lipinski definition) is 5. The molecule has 0 fully saturated rings.